The minimum Gasteiger partial charge on any atom is -0.507 e. The van der Waals surface area contributed by atoms with Crippen molar-refractivity contribution in [2.24, 2.45) is 0 Å². The molecule has 3 aromatic rings. The van der Waals surface area contributed by atoms with Crippen molar-refractivity contribution in [2.45, 2.75) is 110 Å². The van der Waals surface area contributed by atoms with Gasteiger partial charge in [-0.25, -0.2) is 0 Å². The van der Waals surface area contributed by atoms with Gasteiger partial charge in [-0.3, -0.25) is 0 Å². The molecule has 0 bridgehead atoms. The summed E-state index contributed by atoms with van der Waals surface area (Å²) in [6.07, 6.45) is 11.0. The molecule has 38 heavy (non-hydrogen) atoms. The molecule has 0 spiro atoms. The van der Waals surface area contributed by atoms with E-state index in [4.69, 9.17) is 0 Å². The maximum atomic E-state index is 12.1. The summed E-state index contributed by atoms with van der Waals surface area (Å²) in [7, 11) is -0.232. The molecule has 0 unspecified atom stereocenters. The second-order valence-corrected chi connectivity index (χ2v) is 15.9. The van der Waals surface area contributed by atoms with Crippen molar-refractivity contribution in [1.82, 2.24) is 0 Å². The fraction of sp³-hybridized carbons (Fsp3) is 0.486. The molecule has 0 aromatic heterocycles. The van der Waals surface area contributed by atoms with Crippen LogP contribution in [-0.4, -0.2) is 19.0 Å². The number of hydrogen-bond donors (Lipinski definition) is 2. The fourth-order valence-corrected chi connectivity index (χ4v) is 7.43. The number of aryl methyl sites for hydroxylation is 3. The summed E-state index contributed by atoms with van der Waals surface area (Å²) in [4.78, 5) is 0. The summed E-state index contributed by atoms with van der Waals surface area (Å²) in [6, 6.07) is 14.6. The smallest absolute Gasteiger partial charge is 0.131 e. The third-order valence-corrected chi connectivity index (χ3v) is 10.0. The Bertz CT molecular complexity index is 1330. The van der Waals surface area contributed by atoms with Gasteiger partial charge in [-0.2, -0.15) is 0 Å². The van der Waals surface area contributed by atoms with Crippen LogP contribution < -0.4 is 0 Å². The molecule has 0 saturated carbocycles. The van der Waals surface area contributed by atoms with Gasteiger partial charge in [0.05, 0.1) is 0 Å². The summed E-state index contributed by atoms with van der Waals surface area (Å²) < 4.78 is 0. The van der Waals surface area contributed by atoms with E-state index in [0.29, 0.717) is 11.5 Å². The number of fused-ring (bicyclic) bond motifs is 2. The lowest BCUT2D eigenvalue weighted by Gasteiger charge is -2.27. The molecule has 3 heteroatoms. The van der Waals surface area contributed by atoms with Gasteiger partial charge in [0, 0.05) is 25.5 Å². The zero-order valence-electron chi connectivity index (χ0n) is 24.1. The van der Waals surface area contributed by atoms with Gasteiger partial charge in [-0.1, -0.05) is 70.6 Å². The zero-order chi connectivity index (χ0) is 27.0. The van der Waals surface area contributed by atoms with E-state index in [1.165, 1.54) is 58.7 Å². The Morgan fingerprint density at radius 3 is 2.11 bits per heavy atom. The highest BCUT2D eigenvalue weighted by molar-refractivity contribution is 6.55. The van der Waals surface area contributed by atoms with Crippen molar-refractivity contribution in [3.05, 3.63) is 69.8 Å². The van der Waals surface area contributed by atoms with E-state index in [1.807, 2.05) is 6.07 Å². The monoisotopic (exact) mass is 525 g/mol. The lowest BCUT2D eigenvalue weighted by Crippen LogP contribution is -2.12. The molecule has 3 aromatic carbocycles. The highest BCUT2D eigenvalue weighted by Crippen LogP contribution is 2.50. The SMILES string of the molecule is C[Si](C)CCCc1cc(-c2cc3c(c(-c4c(O)ccc5c4CCCC5)c2O)CCCC3)cc(C(C)(C)C)c1. The number of phenols is 2. The summed E-state index contributed by atoms with van der Waals surface area (Å²) in [5.74, 6) is 0.663. The quantitative estimate of drug-likeness (QED) is 0.315. The molecule has 0 saturated heterocycles. The van der Waals surface area contributed by atoms with E-state index < -0.39 is 0 Å². The Labute approximate surface area is 231 Å². The Balaban J connectivity index is 1.72. The topological polar surface area (TPSA) is 40.5 Å². The van der Waals surface area contributed by atoms with Crippen LogP contribution in [0.1, 0.15) is 86.3 Å². The number of aromatic hydroxyl groups is 2. The van der Waals surface area contributed by atoms with Crippen LogP contribution in [0.15, 0.2) is 36.4 Å². The highest BCUT2D eigenvalue weighted by atomic mass is 28.3. The van der Waals surface area contributed by atoms with Crippen LogP contribution in [0.25, 0.3) is 22.3 Å². The van der Waals surface area contributed by atoms with Gasteiger partial charge >= 0.3 is 0 Å². The number of benzene rings is 3. The van der Waals surface area contributed by atoms with E-state index in [-0.39, 0.29) is 14.2 Å². The molecule has 0 heterocycles. The second-order valence-electron chi connectivity index (χ2n) is 13.0. The first-order valence-corrected chi connectivity index (χ1v) is 17.5. The summed E-state index contributed by atoms with van der Waals surface area (Å²) in [6.45, 7) is 11.6. The number of rotatable bonds is 6. The van der Waals surface area contributed by atoms with Crippen LogP contribution in [0, 0.1) is 0 Å². The molecule has 201 valence electrons. The van der Waals surface area contributed by atoms with Crippen molar-refractivity contribution in [3.8, 4) is 33.8 Å². The maximum absolute atomic E-state index is 12.1. The Kier molecular flexibility index (Phi) is 7.78. The van der Waals surface area contributed by atoms with Gasteiger partial charge in [-0.05, 0) is 114 Å². The van der Waals surface area contributed by atoms with E-state index in [0.717, 1.165) is 67.2 Å². The first kappa shape index (κ1) is 27.1. The van der Waals surface area contributed by atoms with Crippen LogP contribution in [-0.2, 0) is 37.5 Å². The molecule has 0 atom stereocenters. The second kappa shape index (κ2) is 10.9. The first-order valence-electron chi connectivity index (χ1n) is 14.8. The normalized spacial score (nSPS) is 15.4. The Morgan fingerprint density at radius 1 is 0.763 bits per heavy atom. The molecule has 1 radical (unpaired) electrons. The third kappa shape index (κ3) is 5.45. The molecule has 2 aliphatic rings. The lowest BCUT2D eigenvalue weighted by atomic mass is 9.78. The molecule has 0 amide bonds. The molecule has 0 aliphatic heterocycles. The van der Waals surface area contributed by atoms with Gasteiger partial charge in [0.25, 0.3) is 0 Å². The minimum atomic E-state index is -0.232. The molecule has 2 nitrogen and oxygen atoms in total. The van der Waals surface area contributed by atoms with Crippen LogP contribution in [0.5, 0.6) is 11.5 Å². The highest BCUT2D eigenvalue weighted by Gasteiger charge is 2.28. The van der Waals surface area contributed by atoms with Gasteiger partial charge in [0.2, 0.25) is 0 Å². The minimum absolute atomic E-state index is 0.0264. The fourth-order valence-electron chi connectivity index (χ4n) is 6.55. The zero-order valence-corrected chi connectivity index (χ0v) is 25.1. The molecule has 0 fully saturated rings. The van der Waals surface area contributed by atoms with Gasteiger partial charge in [0.15, 0.2) is 0 Å². The van der Waals surface area contributed by atoms with Crippen LogP contribution in [0.4, 0.5) is 0 Å². The van der Waals surface area contributed by atoms with Gasteiger partial charge in [-0.15, -0.1) is 0 Å². The number of hydrogen-bond acceptors (Lipinski definition) is 2. The average Bonchev–Trinajstić information content (AvgIpc) is 2.88. The molecular weight excluding hydrogens is 480 g/mol. The molecular formula is C35H45O2Si. The van der Waals surface area contributed by atoms with E-state index >= 15 is 0 Å². The maximum Gasteiger partial charge on any atom is 0.131 e. The largest absolute Gasteiger partial charge is 0.507 e. The standard InChI is InChI=1S/C35H45O2Si/c1-35(2,3)27-20-23(11-10-18-38(4)5)19-26(21-27)30-22-25-13-7-9-15-29(25)33(34(30)37)32-28-14-8-6-12-24(28)16-17-31(32)36/h16-17,19-22,36-37H,6-15,18H2,1-5H3. The Hall–Kier alpha value is -2.52. The molecule has 2 N–H and O–H groups in total. The molecule has 5 rings (SSSR count). The van der Waals surface area contributed by atoms with Crippen LogP contribution >= 0.6 is 0 Å². The summed E-state index contributed by atoms with van der Waals surface area (Å²) in [5.41, 5.74) is 11.7. The average molecular weight is 526 g/mol. The number of phenolic OH excluding ortho intramolecular Hbond substituents is 2. The van der Waals surface area contributed by atoms with Crippen molar-refractivity contribution in [3.63, 3.8) is 0 Å². The van der Waals surface area contributed by atoms with E-state index in [1.54, 1.807) is 0 Å². The van der Waals surface area contributed by atoms with Gasteiger partial charge in [0.1, 0.15) is 11.5 Å². The van der Waals surface area contributed by atoms with E-state index in [9.17, 15) is 10.2 Å². The summed E-state index contributed by atoms with van der Waals surface area (Å²) in [5, 5.41) is 23.3. The van der Waals surface area contributed by atoms with Gasteiger partial charge < -0.3 is 10.2 Å². The first-order chi connectivity index (χ1) is 18.1. The van der Waals surface area contributed by atoms with Crippen LogP contribution in [0.2, 0.25) is 19.1 Å². The van der Waals surface area contributed by atoms with Crippen molar-refractivity contribution in [1.29, 1.82) is 0 Å². The molecule has 2 aliphatic carbocycles. The van der Waals surface area contributed by atoms with Crippen molar-refractivity contribution < 1.29 is 10.2 Å². The summed E-state index contributed by atoms with van der Waals surface area (Å²) >= 11 is 0. The third-order valence-electron chi connectivity index (χ3n) is 8.70. The lowest BCUT2D eigenvalue weighted by molar-refractivity contribution is 0.467. The van der Waals surface area contributed by atoms with Crippen LogP contribution in [0.3, 0.4) is 0 Å². The van der Waals surface area contributed by atoms with E-state index in [2.05, 4.69) is 64.2 Å². The predicted molar refractivity (Wildman–Crippen MR) is 163 cm³/mol. The van der Waals surface area contributed by atoms with Crippen molar-refractivity contribution >= 4 is 8.80 Å². The van der Waals surface area contributed by atoms with Crippen molar-refractivity contribution in [2.75, 3.05) is 0 Å². The predicted octanol–water partition coefficient (Wildman–Crippen LogP) is 9.17. The Morgan fingerprint density at radius 2 is 1.42 bits per heavy atom.